The minimum atomic E-state index is -0.377. The molecular weight excluding hydrogens is 444 g/mol. The average Bonchev–Trinajstić information content (AvgIpc) is 3.15. The highest BCUT2D eigenvalue weighted by atomic mass is 16.5. The molecule has 0 unspecified atom stereocenters. The Morgan fingerprint density at radius 2 is 1.86 bits per heavy atom. The molecule has 2 aromatic heterocycles. The van der Waals surface area contributed by atoms with Gasteiger partial charge in [-0.25, -0.2) is 10.2 Å². The molecule has 0 spiro atoms. The van der Waals surface area contributed by atoms with Gasteiger partial charge in [0.2, 0.25) is 0 Å². The smallest absolute Gasteiger partial charge is 0.338 e. The molecule has 8 heteroatoms. The summed E-state index contributed by atoms with van der Waals surface area (Å²) in [5.74, 6) is -0.179. The summed E-state index contributed by atoms with van der Waals surface area (Å²) >= 11 is 0. The summed E-state index contributed by atoms with van der Waals surface area (Å²) in [6.45, 7) is 5.88. The largest absolute Gasteiger partial charge is 0.481 e. The number of amides is 1. The number of benzene rings is 2. The lowest BCUT2D eigenvalue weighted by atomic mass is 10.2. The summed E-state index contributed by atoms with van der Waals surface area (Å²) in [6, 6.07) is 18.6. The first-order valence-corrected chi connectivity index (χ1v) is 11.2. The van der Waals surface area contributed by atoms with E-state index in [1.165, 1.54) is 0 Å². The van der Waals surface area contributed by atoms with E-state index >= 15 is 0 Å². The first-order valence-electron chi connectivity index (χ1n) is 11.2. The highest BCUT2D eigenvalue weighted by Crippen LogP contribution is 2.23. The number of aryl methyl sites for hydroxylation is 1. The second-order valence-corrected chi connectivity index (χ2v) is 7.84. The Bertz CT molecular complexity index is 1390. The van der Waals surface area contributed by atoms with Crippen LogP contribution in [0.1, 0.15) is 34.2 Å². The first-order chi connectivity index (χ1) is 17.0. The van der Waals surface area contributed by atoms with Crippen LogP contribution in [0, 0.1) is 13.8 Å². The molecule has 178 valence electrons. The number of rotatable bonds is 8. The Kier molecular flexibility index (Phi) is 7.21. The van der Waals surface area contributed by atoms with Crippen molar-refractivity contribution >= 4 is 29.0 Å². The van der Waals surface area contributed by atoms with E-state index < -0.39 is 0 Å². The summed E-state index contributed by atoms with van der Waals surface area (Å²) in [7, 11) is 0. The molecule has 1 amide bonds. The van der Waals surface area contributed by atoms with E-state index in [2.05, 4.69) is 20.1 Å². The normalized spacial score (nSPS) is 11.1. The standard InChI is InChI=1S/C27H26N4O4/c1-4-34-27(33)21-10-12-23(13-11-21)31-18(2)15-22(19(31)3)16-29-30-25(32)17-35-24-9-5-7-20-8-6-14-28-26(20)24/h5-16H,4,17H2,1-3H3,(H,30,32). The van der Waals surface area contributed by atoms with E-state index in [1.54, 1.807) is 37.5 Å². The number of para-hydroxylation sites is 1. The van der Waals surface area contributed by atoms with Crippen LogP contribution in [0.3, 0.4) is 0 Å². The van der Waals surface area contributed by atoms with Crippen molar-refractivity contribution in [2.45, 2.75) is 20.8 Å². The molecule has 0 aliphatic heterocycles. The molecular formula is C27H26N4O4. The Hall–Kier alpha value is -4.46. The van der Waals surface area contributed by atoms with Crippen LogP contribution < -0.4 is 10.2 Å². The lowest BCUT2D eigenvalue weighted by Gasteiger charge is -2.10. The van der Waals surface area contributed by atoms with Gasteiger partial charge in [0.15, 0.2) is 6.61 Å². The molecule has 2 heterocycles. The number of hydrogen-bond acceptors (Lipinski definition) is 6. The average molecular weight is 471 g/mol. The van der Waals surface area contributed by atoms with Gasteiger partial charge in [0, 0.05) is 34.2 Å². The highest BCUT2D eigenvalue weighted by Gasteiger charge is 2.12. The fourth-order valence-electron chi connectivity index (χ4n) is 3.82. The lowest BCUT2D eigenvalue weighted by molar-refractivity contribution is -0.123. The second-order valence-electron chi connectivity index (χ2n) is 7.84. The molecule has 0 atom stereocenters. The van der Waals surface area contributed by atoms with Gasteiger partial charge in [0.25, 0.3) is 5.91 Å². The number of nitrogens with zero attached hydrogens (tertiary/aromatic N) is 3. The molecule has 4 rings (SSSR count). The third-order valence-corrected chi connectivity index (χ3v) is 5.45. The van der Waals surface area contributed by atoms with Crippen molar-refractivity contribution in [3.8, 4) is 11.4 Å². The molecule has 0 fully saturated rings. The minimum absolute atomic E-state index is 0.182. The Balaban J connectivity index is 1.39. The van der Waals surface area contributed by atoms with Crippen molar-refractivity contribution in [3.63, 3.8) is 0 Å². The fourth-order valence-corrected chi connectivity index (χ4v) is 3.82. The number of ether oxygens (including phenoxy) is 2. The van der Waals surface area contributed by atoms with E-state index in [0.29, 0.717) is 23.4 Å². The molecule has 0 aliphatic rings. The minimum Gasteiger partial charge on any atom is -0.481 e. The molecule has 8 nitrogen and oxygen atoms in total. The number of nitrogens with one attached hydrogen (secondary N) is 1. The number of pyridine rings is 1. The predicted molar refractivity (Wildman–Crippen MR) is 134 cm³/mol. The fraction of sp³-hybridized carbons (Fsp3) is 0.185. The second kappa shape index (κ2) is 10.6. The third kappa shape index (κ3) is 5.38. The number of carbonyl (C=O) groups is 2. The molecule has 0 saturated carbocycles. The van der Waals surface area contributed by atoms with Gasteiger partial charge in [-0.2, -0.15) is 5.10 Å². The van der Waals surface area contributed by atoms with Gasteiger partial charge in [0.1, 0.15) is 11.3 Å². The first kappa shape index (κ1) is 23.7. The molecule has 4 aromatic rings. The van der Waals surface area contributed by atoms with Crippen LogP contribution in [-0.4, -0.2) is 40.9 Å². The highest BCUT2D eigenvalue weighted by molar-refractivity contribution is 5.90. The van der Waals surface area contributed by atoms with Gasteiger partial charge in [-0.3, -0.25) is 9.78 Å². The summed E-state index contributed by atoms with van der Waals surface area (Å²) in [6.07, 6.45) is 3.29. The summed E-state index contributed by atoms with van der Waals surface area (Å²) < 4.78 is 12.7. The summed E-state index contributed by atoms with van der Waals surface area (Å²) in [5.41, 5.74) is 7.42. The van der Waals surface area contributed by atoms with Gasteiger partial charge in [-0.05, 0) is 63.2 Å². The van der Waals surface area contributed by atoms with Crippen molar-refractivity contribution < 1.29 is 19.1 Å². The third-order valence-electron chi connectivity index (χ3n) is 5.45. The molecule has 0 radical (unpaired) electrons. The molecule has 1 N–H and O–H groups in total. The van der Waals surface area contributed by atoms with E-state index in [0.717, 1.165) is 28.0 Å². The van der Waals surface area contributed by atoms with Crippen LogP contribution in [0.15, 0.2) is 72.0 Å². The quantitative estimate of drug-likeness (QED) is 0.235. The zero-order valence-electron chi connectivity index (χ0n) is 19.8. The van der Waals surface area contributed by atoms with Crippen LogP contribution in [0.25, 0.3) is 16.6 Å². The van der Waals surface area contributed by atoms with Crippen molar-refractivity contribution in [1.29, 1.82) is 0 Å². The maximum absolute atomic E-state index is 12.2. The SMILES string of the molecule is CCOC(=O)c1ccc(-n2c(C)cc(C=NNC(=O)COc3cccc4cccnc34)c2C)cc1. The summed E-state index contributed by atoms with van der Waals surface area (Å²) in [5, 5.41) is 5.03. The van der Waals surface area contributed by atoms with E-state index in [4.69, 9.17) is 9.47 Å². The zero-order valence-corrected chi connectivity index (χ0v) is 19.8. The lowest BCUT2D eigenvalue weighted by Crippen LogP contribution is -2.24. The maximum Gasteiger partial charge on any atom is 0.338 e. The van der Waals surface area contributed by atoms with Gasteiger partial charge in [0.05, 0.1) is 18.4 Å². The van der Waals surface area contributed by atoms with E-state index in [9.17, 15) is 9.59 Å². The van der Waals surface area contributed by atoms with Crippen LogP contribution >= 0.6 is 0 Å². The van der Waals surface area contributed by atoms with E-state index in [1.807, 2.05) is 56.3 Å². The van der Waals surface area contributed by atoms with E-state index in [-0.39, 0.29) is 18.5 Å². The number of hydrogen-bond donors (Lipinski definition) is 1. The van der Waals surface area contributed by atoms with Gasteiger partial charge in [-0.15, -0.1) is 0 Å². The number of carbonyl (C=O) groups excluding carboxylic acids is 2. The number of hydrazone groups is 1. The Labute approximate surface area is 203 Å². The van der Waals surface area contributed by atoms with Crippen LogP contribution in [-0.2, 0) is 9.53 Å². The molecule has 0 saturated heterocycles. The maximum atomic E-state index is 12.2. The van der Waals surface area contributed by atoms with Crippen LogP contribution in [0.5, 0.6) is 5.75 Å². The number of aromatic nitrogens is 2. The Morgan fingerprint density at radius 3 is 2.63 bits per heavy atom. The van der Waals surface area contributed by atoms with Crippen molar-refractivity contribution in [1.82, 2.24) is 15.0 Å². The van der Waals surface area contributed by atoms with Crippen molar-refractivity contribution in [2.24, 2.45) is 5.10 Å². The zero-order chi connectivity index (χ0) is 24.8. The van der Waals surface area contributed by atoms with Gasteiger partial charge < -0.3 is 14.0 Å². The number of esters is 1. The van der Waals surface area contributed by atoms with Crippen LogP contribution in [0.2, 0.25) is 0 Å². The van der Waals surface area contributed by atoms with Gasteiger partial charge in [-0.1, -0.05) is 18.2 Å². The Morgan fingerprint density at radius 1 is 1.09 bits per heavy atom. The molecule has 0 aliphatic carbocycles. The van der Waals surface area contributed by atoms with Crippen molar-refractivity contribution in [3.05, 3.63) is 89.4 Å². The van der Waals surface area contributed by atoms with Crippen LogP contribution in [0.4, 0.5) is 0 Å². The molecule has 35 heavy (non-hydrogen) atoms. The monoisotopic (exact) mass is 470 g/mol. The summed E-state index contributed by atoms with van der Waals surface area (Å²) in [4.78, 5) is 28.5. The van der Waals surface area contributed by atoms with Gasteiger partial charge >= 0.3 is 5.97 Å². The predicted octanol–water partition coefficient (Wildman–Crippen LogP) is 4.35. The number of fused-ring (bicyclic) bond motifs is 1. The topological polar surface area (TPSA) is 94.8 Å². The molecule has 2 aromatic carbocycles. The molecule has 0 bridgehead atoms. The van der Waals surface area contributed by atoms with Crippen molar-refractivity contribution in [2.75, 3.05) is 13.2 Å².